The molecule has 1 heterocycles. The maximum Gasteiger partial charge on any atom is 0.405 e. The molecule has 0 spiro atoms. The summed E-state index contributed by atoms with van der Waals surface area (Å²) >= 11 is 0. The number of likely N-dealkylation sites (N-methyl/N-ethyl adjacent to an activating group) is 2. The summed E-state index contributed by atoms with van der Waals surface area (Å²) in [6.07, 6.45) is -9.75. The van der Waals surface area contributed by atoms with Crippen molar-refractivity contribution in [1.29, 1.82) is 0 Å². The first-order valence-corrected chi connectivity index (χ1v) is 4.09. The number of hydrogen-bond acceptors (Lipinski definition) is 2. The molecule has 0 amide bonds. The second-order valence-corrected chi connectivity index (χ2v) is 3.63. The minimum atomic E-state index is -4.88. The Labute approximate surface area is 82.4 Å². The van der Waals surface area contributed by atoms with E-state index in [1.54, 1.807) is 0 Å². The van der Waals surface area contributed by atoms with Gasteiger partial charge in [-0.25, -0.2) is 0 Å². The molecular weight excluding hydrogens is 226 g/mol. The first-order chi connectivity index (χ1) is 6.55. The van der Waals surface area contributed by atoms with Crippen molar-refractivity contribution in [2.24, 2.45) is 0 Å². The van der Waals surface area contributed by atoms with Crippen LogP contribution in [0, 0.1) is 0 Å². The van der Waals surface area contributed by atoms with E-state index in [-0.39, 0.29) is 6.67 Å². The van der Waals surface area contributed by atoms with Crippen molar-refractivity contribution in [3.8, 4) is 0 Å². The largest absolute Gasteiger partial charge is 0.405 e. The first kappa shape index (κ1) is 12.6. The lowest BCUT2D eigenvalue weighted by Crippen LogP contribution is -2.53. The molecule has 0 aromatic heterocycles. The molecule has 0 saturated carbocycles. The van der Waals surface area contributed by atoms with Crippen molar-refractivity contribution in [2.45, 2.75) is 24.4 Å². The third kappa shape index (κ3) is 2.36. The molecule has 1 aliphatic heterocycles. The molecule has 0 bridgehead atoms. The van der Waals surface area contributed by atoms with E-state index in [0.717, 1.165) is 14.1 Å². The van der Waals surface area contributed by atoms with Crippen LogP contribution in [0.25, 0.3) is 0 Å². The highest BCUT2D eigenvalue weighted by Crippen LogP contribution is 2.39. The van der Waals surface area contributed by atoms with E-state index in [0.29, 0.717) is 9.80 Å². The van der Waals surface area contributed by atoms with E-state index in [1.165, 1.54) is 0 Å². The number of rotatable bonds is 0. The van der Waals surface area contributed by atoms with Crippen molar-refractivity contribution >= 4 is 0 Å². The number of alkyl halides is 6. The Morgan fingerprint density at radius 2 is 1.07 bits per heavy atom. The lowest BCUT2D eigenvalue weighted by Gasteiger charge is -2.29. The minimum Gasteiger partial charge on any atom is -0.281 e. The second kappa shape index (κ2) is 3.51. The van der Waals surface area contributed by atoms with Crippen LogP contribution in [-0.4, -0.2) is 55.0 Å². The van der Waals surface area contributed by atoms with Crippen LogP contribution in [0.5, 0.6) is 0 Å². The van der Waals surface area contributed by atoms with Gasteiger partial charge in [0.1, 0.15) is 12.1 Å². The fraction of sp³-hybridized carbons (Fsp3) is 1.00. The molecule has 0 radical (unpaired) electrons. The van der Waals surface area contributed by atoms with E-state index in [9.17, 15) is 26.3 Å². The minimum absolute atomic E-state index is 0.353. The molecule has 1 saturated heterocycles. The summed E-state index contributed by atoms with van der Waals surface area (Å²) in [5.41, 5.74) is 0. The molecule has 2 nitrogen and oxygen atoms in total. The smallest absolute Gasteiger partial charge is 0.281 e. The average Bonchev–Trinajstić information content (AvgIpc) is 2.22. The normalized spacial score (nSPS) is 31.2. The lowest BCUT2D eigenvalue weighted by atomic mass is 10.1. The van der Waals surface area contributed by atoms with Crippen LogP contribution in [0.3, 0.4) is 0 Å². The van der Waals surface area contributed by atoms with Crippen LogP contribution in [0.4, 0.5) is 26.3 Å². The maximum absolute atomic E-state index is 12.4. The quantitative estimate of drug-likeness (QED) is 0.590. The zero-order valence-electron chi connectivity index (χ0n) is 8.02. The van der Waals surface area contributed by atoms with Gasteiger partial charge >= 0.3 is 12.4 Å². The SMILES string of the molecule is CN1CN(C)C(C(F)(F)F)C1C(F)(F)F. The predicted molar refractivity (Wildman–Crippen MR) is 40.1 cm³/mol. The summed E-state index contributed by atoms with van der Waals surface area (Å²) in [7, 11) is 2.06. The molecule has 0 N–H and O–H groups in total. The molecule has 90 valence electrons. The van der Waals surface area contributed by atoms with Crippen molar-refractivity contribution < 1.29 is 26.3 Å². The molecule has 15 heavy (non-hydrogen) atoms. The number of halogens is 6. The molecule has 0 aliphatic carbocycles. The maximum atomic E-state index is 12.4. The molecular formula is C7H10F6N2. The zero-order valence-corrected chi connectivity index (χ0v) is 8.02. The molecule has 8 heteroatoms. The Morgan fingerprint density at radius 3 is 1.27 bits per heavy atom. The van der Waals surface area contributed by atoms with Gasteiger partial charge in [0, 0.05) is 0 Å². The average molecular weight is 236 g/mol. The van der Waals surface area contributed by atoms with Crippen LogP contribution in [0.15, 0.2) is 0 Å². The second-order valence-electron chi connectivity index (χ2n) is 3.63. The predicted octanol–water partition coefficient (Wildman–Crippen LogP) is 1.68. The van der Waals surface area contributed by atoms with Crippen LogP contribution < -0.4 is 0 Å². The fourth-order valence-corrected chi connectivity index (χ4v) is 1.87. The van der Waals surface area contributed by atoms with Gasteiger partial charge in [-0.1, -0.05) is 0 Å². The molecule has 2 atom stereocenters. The molecule has 1 aliphatic rings. The standard InChI is InChI=1S/C7H10F6N2/c1-14-3-15(2)5(7(11,12)13)4(14)6(8,9)10/h4-5H,3H2,1-2H3. The molecule has 1 rings (SSSR count). The Morgan fingerprint density at radius 1 is 0.800 bits per heavy atom. The third-order valence-electron chi connectivity index (χ3n) is 2.37. The van der Waals surface area contributed by atoms with Crippen LogP contribution in [0.2, 0.25) is 0 Å². The van der Waals surface area contributed by atoms with Gasteiger partial charge in [-0.3, -0.25) is 9.80 Å². The highest BCUT2D eigenvalue weighted by molar-refractivity contribution is 4.98. The summed E-state index contributed by atoms with van der Waals surface area (Å²) in [6.45, 7) is -0.353. The van der Waals surface area contributed by atoms with Crippen molar-refractivity contribution in [2.75, 3.05) is 20.8 Å². The first-order valence-electron chi connectivity index (χ1n) is 4.09. The lowest BCUT2D eigenvalue weighted by molar-refractivity contribution is -0.230. The highest BCUT2D eigenvalue weighted by atomic mass is 19.4. The van der Waals surface area contributed by atoms with E-state index in [4.69, 9.17) is 0 Å². The summed E-state index contributed by atoms with van der Waals surface area (Å²) < 4.78 is 74.4. The van der Waals surface area contributed by atoms with Crippen molar-refractivity contribution in [1.82, 2.24) is 9.80 Å². The van der Waals surface area contributed by atoms with Crippen LogP contribution >= 0.6 is 0 Å². The van der Waals surface area contributed by atoms with E-state index < -0.39 is 24.4 Å². The van der Waals surface area contributed by atoms with Gasteiger partial charge in [-0.2, -0.15) is 26.3 Å². The fourth-order valence-electron chi connectivity index (χ4n) is 1.87. The van der Waals surface area contributed by atoms with Gasteiger partial charge in [0.25, 0.3) is 0 Å². The molecule has 0 aromatic rings. The number of hydrogen-bond donors (Lipinski definition) is 0. The summed E-state index contributed by atoms with van der Waals surface area (Å²) in [4.78, 5) is 1.30. The summed E-state index contributed by atoms with van der Waals surface area (Å²) in [5, 5.41) is 0. The Balaban J connectivity index is 3.01. The Bertz CT molecular complexity index is 211. The van der Waals surface area contributed by atoms with Gasteiger partial charge in [-0.15, -0.1) is 0 Å². The molecule has 2 unspecified atom stereocenters. The zero-order chi connectivity index (χ0) is 12.0. The van der Waals surface area contributed by atoms with E-state index in [2.05, 4.69) is 0 Å². The van der Waals surface area contributed by atoms with Crippen LogP contribution in [0.1, 0.15) is 0 Å². The van der Waals surface area contributed by atoms with Gasteiger partial charge in [0.2, 0.25) is 0 Å². The van der Waals surface area contributed by atoms with E-state index >= 15 is 0 Å². The van der Waals surface area contributed by atoms with Gasteiger partial charge < -0.3 is 0 Å². The monoisotopic (exact) mass is 236 g/mol. The number of nitrogens with zero attached hydrogens (tertiary/aromatic N) is 2. The van der Waals surface area contributed by atoms with Gasteiger partial charge in [-0.05, 0) is 14.1 Å². The Kier molecular flexibility index (Phi) is 2.94. The third-order valence-corrected chi connectivity index (χ3v) is 2.37. The van der Waals surface area contributed by atoms with Gasteiger partial charge in [0.15, 0.2) is 0 Å². The Hall–Kier alpha value is -0.500. The van der Waals surface area contributed by atoms with Crippen molar-refractivity contribution in [3.63, 3.8) is 0 Å². The van der Waals surface area contributed by atoms with Gasteiger partial charge in [0.05, 0.1) is 6.67 Å². The summed E-state index contributed by atoms with van der Waals surface area (Å²) in [6, 6.07) is -4.97. The molecule has 0 aromatic carbocycles. The highest BCUT2D eigenvalue weighted by Gasteiger charge is 2.61. The topological polar surface area (TPSA) is 6.48 Å². The van der Waals surface area contributed by atoms with E-state index in [1.807, 2.05) is 0 Å². The van der Waals surface area contributed by atoms with Crippen molar-refractivity contribution in [3.05, 3.63) is 0 Å². The molecule has 1 fully saturated rings. The van der Waals surface area contributed by atoms with Crippen LogP contribution in [-0.2, 0) is 0 Å². The summed E-state index contributed by atoms with van der Waals surface area (Å²) in [5.74, 6) is 0.